The lowest BCUT2D eigenvalue weighted by Gasteiger charge is -2.38. The lowest BCUT2D eigenvalue weighted by Crippen LogP contribution is -2.54. The van der Waals surface area contributed by atoms with E-state index >= 15 is 0 Å². The predicted molar refractivity (Wildman–Crippen MR) is 77.4 cm³/mol. The van der Waals surface area contributed by atoms with Crippen molar-refractivity contribution >= 4 is 44.8 Å². The fraction of sp³-hybridized carbons (Fsp3) is 0.455. The van der Waals surface area contributed by atoms with Crippen LogP contribution in [0.15, 0.2) is 17.0 Å². The summed E-state index contributed by atoms with van der Waals surface area (Å²) < 4.78 is 26.8. The van der Waals surface area contributed by atoms with E-state index in [1.165, 1.54) is 12.1 Å². The molecule has 0 spiro atoms. The molecule has 1 aromatic carbocycles. The largest absolute Gasteiger partial charge is 0.324 e. The van der Waals surface area contributed by atoms with E-state index in [4.69, 9.17) is 40.5 Å². The van der Waals surface area contributed by atoms with E-state index < -0.39 is 15.6 Å². The Labute approximate surface area is 127 Å². The van der Waals surface area contributed by atoms with Crippen molar-refractivity contribution in [2.45, 2.75) is 29.7 Å². The van der Waals surface area contributed by atoms with E-state index in [0.717, 1.165) is 19.3 Å². The van der Waals surface area contributed by atoms with Crippen LogP contribution in [0, 0.1) is 0 Å². The first kappa shape index (κ1) is 15.4. The Morgan fingerprint density at radius 2 is 1.74 bits per heavy atom. The summed E-state index contributed by atoms with van der Waals surface area (Å²) in [6.07, 6.45) is 2.62. The maximum Gasteiger partial charge on any atom is 0.243 e. The van der Waals surface area contributed by atoms with Crippen LogP contribution >= 0.6 is 34.8 Å². The van der Waals surface area contributed by atoms with Gasteiger partial charge in [-0.15, -0.1) is 0 Å². The molecule has 0 amide bonds. The smallest absolute Gasteiger partial charge is 0.243 e. The first-order valence-electron chi connectivity index (χ1n) is 5.67. The number of hydrogen-bond donors (Lipinski definition) is 2. The number of halogens is 3. The van der Waals surface area contributed by atoms with Gasteiger partial charge >= 0.3 is 0 Å². The number of sulfonamides is 1. The summed E-state index contributed by atoms with van der Waals surface area (Å²) in [5.74, 6) is 0. The molecule has 19 heavy (non-hydrogen) atoms. The molecule has 3 N–H and O–H groups in total. The molecular formula is C11H13Cl3N2O2S. The summed E-state index contributed by atoms with van der Waals surface area (Å²) in [7, 11) is -3.80. The molecule has 1 aliphatic rings. The predicted octanol–water partition coefficient (Wildman–Crippen LogP) is 2.81. The van der Waals surface area contributed by atoms with Crippen LogP contribution in [0.25, 0.3) is 0 Å². The van der Waals surface area contributed by atoms with E-state index in [1.54, 1.807) is 0 Å². The van der Waals surface area contributed by atoms with Gasteiger partial charge < -0.3 is 5.73 Å². The SMILES string of the molecule is NC1(CNS(=O)(=O)c2c(Cl)cc(Cl)cc2Cl)CCC1. The topological polar surface area (TPSA) is 72.2 Å². The molecular weight excluding hydrogens is 331 g/mol. The summed E-state index contributed by atoms with van der Waals surface area (Å²) in [4.78, 5) is -0.164. The molecule has 1 aliphatic carbocycles. The van der Waals surface area contributed by atoms with E-state index in [0.29, 0.717) is 0 Å². The van der Waals surface area contributed by atoms with Gasteiger partial charge in [0.15, 0.2) is 0 Å². The maximum absolute atomic E-state index is 12.2. The molecule has 0 saturated heterocycles. The van der Waals surface area contributed by atoms with Crippen molar-refractivity contribution in [1.29, 1.82) is 0 Å². The zero-order valence-electron chi connectivity index (χ0n) is 9.92. The van der Waals surface area contributed by atoms with E-state index in [2.05, 4.69) is 4.72 Å². The van der Waals surface area contributed by atoms with Crippen molar-refractivity contribution in [3.63, 3.8) is 0 Å². The molecule has 1 saturated carbocycles. The highest BCUT2D eigenvalue weighted by atomic mass is 35.5. The molecule has 0 radical (unpaired) electrons. The van der Waals surface area contributed by atoms with Gasteiger partial charge in [0.25, 0.3) is 0 Å². The van der Waals surface area contributed by atoms with Crippen molar-refractivity contribution in [1.82, 2.24) is 4.72 Å². The molecule has 2 rings (SSSR count). The zero-order valence-corrected chi connectivity index (χ0v) is 13.0. The minimum atomic E-state index is -3.80. The van der Waals surface area contributed by atoms with Gasteiger partial charge in [-0.1, -0.05) is 34.8 Å². The van der Waals surface area contributed by atoms with E-state index in [9.17, 15) is 8.42 Å². The molecule has 0 aromatic heterocycles. The van der Waals surface area contributed by atoms with Gasteiger partial charge in [-0.05, 0) is 31.4 Å². The van der Waals surface area contributed by atoms with Crippen molar-refractivity contribution in [3.8, 4) is 0 Å². The van der Waals surface area contributed by atoms with Crippen molar-refractivity contribution in [2.75, 3.05) is 6.54 Å². The summed E-state index contributed by atoms with van der Waals surface area (Å²) in [6.45, 7) is 0.171. The Bertz CT molecular complexity index is 577. The lowest BCUT2D eigenvalue weighted by atomic mass is 9.78. The third kappa shape index (κ3) is 3.35. The fourth-order valence-electron chi connectivity index (χ4n) is 1.90. The van der Waals surface area contributed by atoms with Gasteiger partial charge in [0.2, 0.25) is 10.0 Å². The Hall–Kier alpha value is -0.0400. The molecule has 106 valence electrons. The van der Waals surface area contributed by atoms with Gasteiger partial charge in [0.1, 0.15) is 4.90 Å². The van der Waals surface area contributed by atoms with Crippen LogP contribution in [0.3, 0.4) is 0 Å². The van der Waals surface area contributed by atoms with Gasteiger partial charge in [-0.2, -0.15) is 0 Å². The van der Waals surface area contributed by atoms with Gasteiger partial charge in [-0.3, -0.25) is 0 Å². The first-order valence-corrected chi connectivity index (χ1v) is 8.28. The summed E-state index contributed by atoms with van der Waals surface area (Å²) in [6, 6.07) is 2.68. The summed E-state index contributed by atoms with van der Waals surface area (Å²) in [5, 5.41) is 0.262. The molecule has 8 heteroatoms. The second-order valence-corrected chi connectivity index (χ2v) is 7.69. The molecule has 1 aromatic rings. The monoisotopic (exact) mass is 342 g/mol. The van der Waals surface area contributed by atoms with Gasteiger partial charge in [0, 0.05) is 17.1 Å². The van der Waals surface area contributed by atoms with E-state index in [-0.39, 0.29) is 26.5 Å². The van der Waals surface area contributed by atoms with Crippen LogP contribution in [0.1, 0.15) is 19.3 Å². The summed E-state index contributed by atoms with van der Waals surface area (Å²) >= 11 is 17.5. The van der Waals surface area contributed by atoms with Crippen LogP contribution < -0.4 is 10.5 Å². The average molecular weight is 344 g/mol. The Morgan fingerprint density at radius 1 is 1.21 bits per heavy atom. The standard InChI is InChI=1S/C11H13Cl3N2O2S/c12-7-4-8(13)10(9(14)5-7)19(17,18)16-6-11(15)2-1-3-11/h4-5,16H,1-3,6,15H2. The Balaban J connectivity index is 2.24. The highest BCUT2D eigenvalue weighted by Crippen LogP contribution is 2.33. The van der Waals surface area contributed by atoms with Crippen LogP contribution in [-0.4, -0.2) is 20.5 Å². The number of hydrogen-bond acceptors (Lipinski definition) is 3. The third-order valence-corrected chi connectivity index (χ3v) is 5.74. The van der Waals surface area contributed by atoms with Crippen molar-refractivity contribution in [2.24, 2.45) is 5.73 Å². The van der Waals surface area contributed by atoms with Crippen LogP contribution in [0.5, 0.6) is 0 Å². The Morgan fingerprint density at radius 3 is 2.16 bits per heavy atom. The van der Waals surface area contributed by atoms with Crippen LogP contribution in [0.2, 0.25) is 15.1 Å². The Kier molecular flexibility index (Phi) is 4.35. The lowest BCUT2D eigenvalue weighted by molar-refractivity contribution is 0.251. The molecule has 0 unspecified atom stereocenters. The maximum atomic E-state index is 12.2. The highest BCUT2D eigenvalue weighted by molar-refractivity contribution is 7.89. The molecule has 4 nitrogen and oxygen atoms in total. The second-order valence-electron chi connectivity index (χ2n) is 4.74. The van der Waals surface area contributed by atoms with Gasteiger partial charge in [-0.25, -0.2) is 13.1 Å². The van der Waals surface area contributed by atoms with Crippen molar-refractivity contribution in [3.05, 3.63) is 27.2 Å². The summed E-state index contributed by atoms with van der Waals surface area (Å²) in [5.41, 5.74) is 5.51. The molecule has 0 aliphatic heterocycles. The number of benzene rings is 1. The molecule has 0 bridgehead atoms. The number of rotatable bonds is 4. The number of nitrogens with two attached hydrogens (primary N) is 1. The van der Waals surface area contributed by atoms with Crippen molar-refractivity contribution < 1.29 is 8.42 Å². The first-order chi connectivity index (χ1) is 8.73. The molecule has 1 fully saturated rings. The van der Waals surface area contributed by atoms with Crippen LogP contribution in [-0.2, 0) is 10.0 Å². The zero-order chi connectivity index (χ0) is 14.3. The minimum Gasteiger partial charge on any atom is -0.324 e. The minimum absolute atomic E-state index is 0.00955. The van der Waals surface area contributed by atoms with Crippen LogP contribution in [0.4, 0.5) is 0 Å². The normalized spacial score (nSPS) is 18.1. The second kappa shape index (κ2) is 5.39. The van der Waals surface area contributed by atoms with E-state index in [1.807, 2.05) is 0 Å². The average Bonchev–Trinajstić information content (AvgIpc) is 2.22. The highest BCUT2D eigenvalue weighted by Gasteiger charge is 2.34. The number of nitrogens with one attached hydrogen (secondary N) is 1. The molecule has 0 heterocycles. The quantitative estimate of drug-likeness (QED) is 0.883. The third-order valence-electron chi connectivity index (χ3n) is 3.20. The van der Waals surface area contributed by atoms with Gasteiger partial charge in [0.05, 0.1) is 10.0 Å². The molecule has 0 atom stereocenters. The fourth-order valence-corrected chi connectivity index (χ4v) is 4.58.